The molecule has 0 unspecified atom stereocenters. The van der Waals surface area contributed by atoms with E-state index in [1.165, 1.54) is 12.4 Å². The zero-order valence-electron chi connectivity index (χ0n) is 11.8. The zero-order valence-corrected chi connectivity index (χ0v) is 11.8. The molecular weight excluding hydrogens is 294 g/mol. The molecule has 0 aliphatic rings. The highest BCUT2D eigenvalue weighted by molar-refractivity contribution is 5.98. The Balaban J connectivity index is 1.64. The number of nitriles is 1. The lowest BCUT2D eigenvalue weighted by atomic mass is 10.2. The van der Waals surface area contributed by atoms with E-state index in [1.807, 2.05) is 36.4 Å². The van der Waals surface area contributed by atoms with Crippen LogP contribution in [0.3, 0.4) is 0 Å². The molecule has 2 heterocycles. The van der Waals surface area contributed by atoms with E-state index in [-0.39, 0.29) is 11.5 Å². The lowest BCUT2D eigenvalue weighted by Crippen LogP contribution is -2.20. The number of rotatable bonds is 3. The van der Waals surface area contributed by atoms with E-state index >= 15 is 0 Å². The maximum absolute atomic E-state index is 11.9. The molecule has 2 amide bonds. The molecule has 3 aromatic rings. The molecule has 0 radical (unpaired) electrons. The first-order valence-electron chi connectivity index (χ1n) is 6.65. The Hall–Kier alpha value is -3.73. The standard InChI is InChI=1S/C15H11N7O/c16-7-11-8-18-14(9-17-11)20-15(23)19-13-6-12(21-22-13)10-4-2-1-3-5-10/h1-6,8-9H,(H3,18,19,20,21,22,23). The molecule has 112 valence electrons. The minimum absolute atomic E-state index is 0.177. The van der Waals surface area contributed by atoms with Crippen LogP contribution in [0.25, 0.3) is 11.3 Å². The van der Waals surface area contributed by atoms with Crippen LogP contribution in [-0.2, 0) is 0 Å². The second kappa shape index (κ2) is 6.36. The molecule has 1 aromatic carbocycles. The van der Waals surface area contributed by atoms with Gasteiger partial charge in [0.1, 0.15) is 6.07 Å². The van der Waals surface area contributed by atoms with E-state index in [1.54, 1.807) is 6.07 Å². The summed E-state index contributed by atoms with van der Waals surface area (Å²) in [5, 5.41) is 20.6. The molecule has 0 spiro atoms. The van der Waals surface area contributed by atoms with Gasteiger partial charge in [0.15, 0.2) is 17.3 Å². The average molecular weight is 305 g/mol. The molecule has 3 rings (SSSR count). The van der Waals surface area contributed by atoms with Crippen LogP contribution in [0.5, 0.6) is 0 Å². The SMILES string of the molecule is N#Cc1cnc(NC(=O)Nc2cc(-c3ccccc3)[nH]n2)cn1. The third-order valence-corrected chi connectivity index (χ3v) is 2.91. The van der Waals surface area contributed by atoms with Gasteiger partial charge in [0.25, 0.3) is 0 Å². The van der Waals surface area contributed by atoms with Gasteiger partial charge in [-0.3, -0.25) is 15.7 Å². The van der Waals surface area contributed by atoms with Gasteiger partial charge < -0.3 is 0 Å². The van der Waals surface area contributed by atoms with Crippen LogP contribution in [0.15, 0.2) is 48.8 Å². The second-order valence-corrected chi connectivity index (χ2v) is 4.51. The molecule has 0 aliphatic heterocycles. The number of carbonyl (C=O) groups is 1. The molecule has 8 nitrogen and oxygen atoms in total. The van der Waals surface area contributed by atoms with Gasteiger partial charge in [0.05, 0.1) is 18.1 Å². The Morgan fingerprint density at radius 3 is 2.57 bits per heavy atom. The summed E-state index contributed by atoms with van der Waals surface area (Å²) < 4.78 is 0. The summed E-state index contributed by atoms with van der Waals surface area (Å²) >= 11 is 0. The van der Waals surface area contributed by atoms with Gasteiger partial charge in [-0.15, -0.1) is 0 Å². The van der Waals surface area contributed by atoms with Crippen molar-refractivity contribution in [2.45, 2.75) is 0 Å². The summed E-state index contributed by atoms with van der Waals surface area (Å²) in [6.07, 6.45) is 2.58. The molecule has 2 aromatic heterocycles. The largest absolute Gasteiger partial charge is 0.326 e. The Bertz CT molecular complexity index is 850. The third-order valence-electron chi connectivity index (χ3n) is 2.91. The van der Waals surface area contributed by atoms with Crippen LogP contribution in [0, 0.1) is 11.3 Å². The fourth-order valence-electron chi connectivity index (χ4n) is 1.87. The van der Waals surface area contributed by atoms with E-state index in [0.29, 0.717) is 5.82 Å². The molecule has 8 heteroatoms. The Morgan fingerprint density at radius 2 is 1.87 bits per heavy atom. The van der Waals surface area contributed by atoms with Crippen LogP contribution in [0.2, 0.25) is 0 Å². The molecule has 0 aliphatic carbocycles. The lowest BCUT2D eigenvalue weighted by molar-refractivity contribution is 0.262. The smallest absolute Gasteiger partial charge is 0.291 e. The van der Waals surface area contributed by atoms with Crippen molar-refractivity contribution >= 4 is 17.7 Å². The third kappa shape index (κ3) is 3.48. The maximum Gasteiger partial charge on any atom is 0.326 e. The minimum atomic E-state index is -0.505. The van der Waals surface area contributed by atoms with Crippen molar-refractivity contribution in [2.75, 3.05) is 10.6 Å². The Kier molecular flexibility index (Phi) is 3.93. The van der Waals surface area contributed by atoms with Crippen molar-refractivity contribution in [1.82, 2.24) is 20.2 Å². The fourth-order valence-corrected chi connectivity index (χ4v) is 1.87. The molecule has 3 N–H and O–H groups in total. The number of amides is 2. The van der Waals surface area contributed by atoms with E-state index in [4.69, 9.17) is 5.26 Å². The quantitative estimate of drug-likeness (QED) is 0.686. The lowest BCUT2D eigenvalue weighted by Gasteiger charge is -2.03. The molecule has 0 fully saturated rings. The van der Waals surface area contributed by atoms with Gasteiger partial charge in [-0.2, -0.15) is 10.4 Å². The number of urea groups is 1. The monoisotopic (exact) mass is 305 g/mol. The van der Waals surface area contributed by atoms with Crippen molar-refractivity contribution in [2.24, 2.45) is 0 Å². The first-order chi connectivity index (χ1) is 11.2. The van der Waals surface area contributed by atoms with Crippen molar-refractivity contribution in [3.05, 3.63) is 54.5 Å². The molecule has 0 saturated heterocycles. The van der Waals surface area contributed by atoms with Gasteiger partial charge >= 0.3 is 6.03 Å². The zero-order chi connectivity index (χ0) is 16.1. The van der Waals surface area contributed by atoms with Gasteiger partial charge in [-0.1, -0.05) is 30.3 Å². The second-order valence-electron chi connectivity index (χ2n) is 4.51. The predicted octanol–water partition coefficient (Wildman–Crippen LogP) is 2.38. The number of H-pyrrole nitrogens is 1. The van der Waals surface area contributed by atoms with Gasteiger partial charge in [0.2, 0.25) is 0 Å². The van der Waals surface area contributed by atoms with E-state index in [9.17, 15) is 4.79 Å². The highest BCUT2D eigenvalue weighted by atomic mass is 16.2. The number of nitrogens with zero attached hydrogens (tertiary/aromatic N) is 4. The van der Waals surface area contributed by atoms with Gasteiger partial charge in [-0.25, -0.2) is 14.8 Å². The fraction of sp³-hybridized carbons (Fsp3) is 0. The molecular formula is C15H11N7O. The predicted molar refractivity (Wildman–Crippen MR) is 83.4 cm³/mol. The van der Waals surface area contributed by atoms with Gasteiger partial charge in [-0.05, 0) is 5.56 Å². The molecule has 0 saturated carbocycles. The number of nitrogens with one attached hydrogen (secondary N) is 3. The molecule has 0 bridgehead atoms. The number of anilines is 2. The highest BCUT2D eigenvalue weighted by Gasteiger charge is 2.08. The summed E-state index contributed by atoms with van der Waals surface area (Å²) in [5.74, 6) is 0.614. The minimum Gasteiger partial charge on any atom is -0.291 e. The van der Waals surface area contributed by atoms with Crippen molar-refractivity contribution < 1.29 is 4.79 Å². The van der Waals surface area contributed by atoms with E-state index < -0.39 is 6.03 Å². The first-order valence-corrected chi connectivity index (χ1v) is 6.65. The molecule has 23 heavy (non-hydrogen) atoms. The summed E-state index contributed by atoms with van der Waals surface area (Å²) in [7, 11) is 0. The van der Waals surface area contributed by atoms with Crippen molar-refractivity contribution in [3.8, 4) is 17.3 Å². The van der Waals surface area contributed by atoms with Crippen LogP contribution >= 0.6 is 0 Å². The number of carbonyl (C=O) groups excluding carboxylic acids is 1. The van der Waals surface area contributed by atoms with Gasteiger partial charge in [0, 0.05) is 6.07 Å². The number of hydrogen-bond donors (Lipinski definition) is 3. The van der Waals surface area contributed by atoms with E-state index in [0.717, 1.165) is 11.3 Å². The average Bonchev–Trinajstić information content (AvgIpc) is 3.04. The maximum atomic E-state index is 11.9. The number of aromatic nitrogens is 4. The topological polar surface area (TPSA) is 119 Å². The summed E-state index contributed by atoms with van der Waals surface area (Å²) in [6.45, 7) is 0. The summed E-state index contributed by atoms with van der Waals surface area (Å²) in [6, 6.07) is 12.7. The normalized spacial score (nSPS) is 9.87. The molecule has 0 atom stereocenters. The summed E-state index contributed by atoms with van der Waals surface area (Å²) in [5.41, 5.74) is 1.93. The van der Waals surface area contributed by atoms with Crippen LogP contribution in [0.4, 0.5) is 16.4 Å². The number of hydrogen-bond acceptors (Lipinski definition) is 5. The van der Waals surface area contributed by atoms with Crippen LogP contribution in [0.1, 0.15) is 5.69 Å². The van der Waals surface area contributed by atoms with E-state index in [2.05, 4.69) is 30.8 Å². The Morgan fingerprint density at radius 1 is 1.09 bits per heavy atom. The number of benzene rings is 1. The number of aromatic amines is 1. The summed E-state index contributed by atoms with van der Waals surface area (Å²) in [4.78, 5) is 19.6. The Labute approximate surface area is 131 Å². The first kappa shape index (κ1) is 14.2. The van der Waals surface area contributed by atoms with Crippen molar-refractivity contribution in [3.63, 3.8) is 0 Å². The van der Waals surface area contributed by atoms with Crippen LogP contribution in [-0.4, -0.2) is 26.2 Å². The van der Waals surface area contributed by atoms with Crippen molar-refractivity contribution in [1.29, 1.82) is 5.26 Å². The highest BCUT2D eigenvalue weighted by Crippen LogP contribution is 2.19. The van der Waals surface area contributed by atoms with Crippen LogP contribution < -0.4 is 10.6 Å².